The van der Waals surface area contributed by atoms with Gasteiger partial charge < -0.3 is 20.1 Å². The van der Waals surface area contributed by atoms with Crippen LogP contribution in [0.1, 0.15) is 26.2 Å². The highest BCUT2D eigenvalue weighted by molar-refractivity contribution is 6.21. The predicted octanol–water partition coefficient (Wildman–Crippen LogP) is 1.77. The van der Waals surface area contributed by atoms with Gasteiger partial charge in [-0.05, 0) is 38.2 Å². The summed E-state index contributed by atoms with van der Waals surface area (Å²) in [4.78, 5) is 34.6. The van der Waals surface area contributed by atoms with E-state index in [1.54, 1.807) is 19.4 Å². The van der Waals surface area contributed by atoms with E-state index >= 15 is 0 Å². The third kappa shape index (κ3) is 4.11. The molecular formula is C19H26ClN5O4. The molecule has 4 rings (SSSR count). The Labute approximate surface area is 174 Å². The summed E-state index contributed by atoms with van der Waals surface area (Å²) >= 11 is 6.47. The Morgan fingerprint density at radius 2 is 2.21 bits per heavy atom. The summed E-state index contributed by atoms with van der Waals surface area (Å²) in [5.74, 6) is 0.982. The molecular weight excluding hydrogens is 398 g/mol. The van der Waals surface area contributed by atoms with Crippen LogP contribution in [0.2, 0.25) is 0 Å². The Bertz CT molecular complexity index is 781. The van der Waals surface area contributed by atoms with E-state index in [-0.39, 0.29) is 35.4 Å². The van der Waals surface area contributed by atoms with Crippen molar-refractivity contribution in [2.24, 2.45) is 11.8 Å². The van der Waals surface area contributed by atoms with E-state index in [1.165, 1.54) is 4.90 Å². The molecule has 2 aliphatic heterocycles. The minimum Gasteiger partial charge on any atom is -0.447 e. The summed E-state index contributed by atoms with van der Waals surface area (Å²) in [7, 11) is 1.66. The quantitative estimate of drug-likeness (QED) is 0.695. The molecule has 2 saturated heterocycles. The lowest BCUT2D eigenvalue weighted by atomic mass is 9.73. The second-order valence-electron chi connectivity index (χ2n) is 7.92. The van der Waals surface area contributed by atoms with Gasteiger partial charge in [-0.2, -0.15) is 4.98 Å². The summed E-state index contributed by atoms with van der Waals surface area (Å²) in [5, 5.41) is 6.34. The van der Waals surface area contributed by atoms with Crippen molar-refractivity contribution < 1.29 is 19.1 Å². The number of carbonyl (C=O) groups excluding carboxylic acids is 2. The first kappa shape index (κ1) is 20.2. The van der Waals surface area contributed by atoms with E-state index in [2.05, 4.69) is 20.6 Å². The minimum atomic E-state index is -0.414. The molecule has 158 valence electrons. The molecule has 1 aromatic heterocycles. The fourth-order valence-corrected chi connectivity index (χ4v) is 4.94. The molecule has 0 aromatic carbocycles. The van der Waals surface area contributed by atoms with Gasteiger partial charge in [0.1, 0.15) is 12.4 Å². The Morgan fingerprint density at radius 3 is 2.93 bits per heavy atom. The number of rotatable bonds is 5. The lowest BCUT2D eigenvalue weighted by Crippen LogP contribution is -2.57. The molecule has 29 heavy (non-hydrogen) atoms. The standard InChI is InChI=1S/C19H26ClN5O4/c1-10(22-18-21-4-3-16(24-18)25-5-6-29-19(25)27)12-7-11-8-13(20)15(28-2)9-14(11)23-17(12)26/h3-4,10-15H,5-9H2,1-2H3,(H,23,26)(H,21,22,24)/t10-,11?,12?,13?,14?,15?/m1/s1. The van der Waals surface area contributed by atoms with Gasteiger partial charge in [0, 0.05) is 25.4 Å². The van der Waals surface area contributed by atoms with E-state index in [0.717, 1.165) is 19.3 Å². The number of carbonyl (C=O) groups is 2. The van der Waals surface area contributed by atoms with Crippen LogP contribution in [0.15, 0.2) is 12.3 Å². The summed E-state index contributed by atoms with van der Waals surface area (Å²) < 4.78 is 10.4. The van der Waals surface area contributed by atoms with Crippen LogP contribution in [0.25, 0.3) is 0 Å². The largest absolute Gasteiger partial charge is 0.447 e. The van der Waals surface area contributed by atoms with Gasteiger partial charge in [0.05, 0.1) is 23.9 Å². The molecule has 0 spiro atoms. The topological polar surface area (TPSA) is 106 Å². The summed E-state index contributed by atoms with van der Waals surface area (Å²) in [6.07, 6.45) is 3.46. The molecule has 1 aromatic rings. The molecule has 0 radical (unpaired) electrons. The fraction of sp³-hybridized carbons (Fsp3) is 0.684. The van der Waals surface area contributed by atoms with E-state index in [0.29, 0.717) is 30.8 Å². The zero-order valence-corrected chi connectivity index (χ0v) is 17.3. The number of hydrogen-bond donors (Lipinski definition) is 2. The smallest absolute Gasteiger partial charge is 0.415 e. The number of hydrogen-bond acceptors (Lipinski definition) is 7. The molecule has 6 atom stereocenters. The van der Waals surface area contributed by atoms with E-state index in [9.17, 15) is 9.59 Å². The molecule has 2 amide bonds. The Morgan fingerprint density at radius 1 is 1.38 bits per heavy atom. The van der Waals surface area contributed by atoms with Gasteiger partial charge >= 0.3 is 6.09 Å². The van der Waals surface area contributed by atoms with Gasteiger partial charge in [-0.3, -0.25) is 9.69 Å². The molecule has 9 nitrogen and oxygen atoms in total. The Balaban J connectivity index is 1.42. The summed E-state index contributed by atoms with van der Waals surface area (Å²) in [5.41, 5.74) is 0. The number of nitrogens with one attached hydrogen (secondary N) is 2. The maximum Gasteiger partial charge on any atom is 0.415 e. The van der Waals surface area contributed by atoms with Crippen LogP contribution in [0, 0.1) is 11.8 Å². The van der Waals surface area contributed by atoms with Gasteiger partial charge in [-0.15, -0.1) is 11.6 Å². The molecule has 10 heteroatoms. The Kier molecular flexibility index (Phi) is 5.78. The van der Waals surface area contributed by atoms with Crippen LogP contribution in [0.3, 0.4) is 0 Å². The van der Waals surface area contributed by atoms with E-state index < -0.39 is 6.09 Å². The van der Waals surface area contributed by atoms with E-state index in [1.807, 2.05) is 6.92 Å². The van der Waals surface area contributed by atoms with Crippen molar-refractivity contribution in [3.63, 3.8) is 0 Å². The van der Waals surface area contributed by atoms with Crippen molar-refractivity contribution in [3.05, 3.63) is 12.3 Å². The van der Waals surface area contributed by atoms with Gasteiger partial charge in [0.2, 0.25) is 11.9 Å². The van der Waals surface area contributed by atoms with Gasteiger partial charge in [0.25, 0.3) is 0 Å². The summed E-state index contributed by atoms with van der Waals surface area (Å²) in [6.45, 7) is 2.75. The fourth-order valence-electron chi connectivity index (χ4n) is 4.51. The van der Waals surface area contributed by atoms with Crippen LogP contribution < -0.4 is 15.5 Å². The molecule has 1 aliphatic carbocycles. The molecule has 3 fully saturated rings. The number of anilines is 2. The Hall–Kier alpha value is -2.13. The van der Waals surface area contributed by atoms with Crippen LogP contribution >= 0.6 is 11.6 Å². The van der Waals surface area contributed by atoms with Crippen LogP contribution in [-0.4, -0.2) is 65.8 Å². The van der Waals surface area contributed by atoms with Crippen molar-refractivity contribution >= 4 is 35.4 Å². The number of ether oxygens (including phenoxy) is 2. The second kappa shape index (κ2) is 8.31. The van der Waals surface area contributed by atoms with Crippen LogP contribution in [0.4, 0.5) is 16.6 Å². The van der Waals surface area contributed by atoms with Gasteiger partial charge in [-0.1, -0.05) is 0 Å². The van der Waals surface area contributed by atoms with Crippen molar-refractivity contribution in [2.75, 3.05) is 30.5 Å². The highest BCUT2D eigenvalue weighted by atomic mass is 35.5. The zero-order chi connectivity index (χ0) is 20.5. The third-order valence-corrected chi connectivity index (χ3v) is 6.61. The van der Waals surface area contributed by atoms with Gasteiger partial charge in [-0.25, -0.2) is 9.78 Å². The highest BCUT2D eigenvalue weighted by Crippen LogP contribution is 2.38. The molecule has 2 N–H and O–H groups in total. The molecule has 1 saturated carbocycles. The second-order valence-corrected chi connectivity index (χ2v) is 8.48. The zero-order valence-electron chi connectivity index (χ0n) is 16.5. The number of nitrogens with zero attached hydrogens (tertiary/aromatic N) is 3. The van der Waals surface area contributed by atoms with E-state index in [4.69, 9.17) is 21.1 Å². The average Bonchev–Trinajstić information content (AvgIpc) is 3.13. The number of amides is 2. The van der Waals surface area contributed by atoms with Crippen molar-refractivity contribution in [2.45, 2.75) is 49.8 Å². The number of aromatic nitrogens is 2. The van der Waals surface area contributed by atoms with Crippen molar-refractivity contribution in [1.29, 1.82) is 0 Å². The number of piperidine rings is 1. The van der Waals surface area contributed by atoms with Crippen LogP contribution in [-0.2, 0) is 14.3 Å². The van der Waals surface area contributed by atoms with Crippen molar-refractivity contribution in [1.82, 2.24) is 15.3 Å². The number of methoxy groups -OCH3 is 1. The lowest BCUT2D eigenvalue weighted by molar-refractivity contribution is -0.131. The minimum absolute atomic E-state index is 0.0217. The molecule has 5 unspecified atom stereocenters. The summed E-state index contributed by atoms with van der Waals surface area (Å²) in [6, 6.07) is 1.59. The average molecular weight is 424 g/mol. The first-order valence-electron chi connectivity index (χ1n) is 9.97. The van der Waals surface area contributed by atoms with Crippen LogP contribution in [0.5, 0.6) is 0 Å². The maximum absolute atomic E-state index is 12.7. The third-order valence-electron chi connectivity index (χ3n) is 6.15. The first-order valence-corrected chi connectivity index (χ1v) is 10.4. The highest BCUT2D eigenvalue weighted by Gasteiger charge is 2.44. The molecule has 3 heterocycles. The number of cyclic esters (lactones) is 1. The van der Waals surface area contributed by atoms with Crippen molar-refractivity contribution in [3.8, 4) is 0 Å². The number of halogens is 1. The SMILES string of the molecule is COC1CC2NC(=O)C([C@@H](C)Nc3nccc(N4CCOC4=O)n3)CC2CC1Cl. The molecule has 3 aliphatic rings. The monoisotopic (exact) mass is 423 g/mol. The predicted molar refractivity (Wildman–Crippen MR) is 107 cm³/mol. The lowest BCUT2D eigenvalue weighted by Gasteiger charge is -2.44. The maximum atomic E-state index is 12.7. The normalized spacial score (nSPS) is 32.9. The first-order chi connectivity index (χ1) is 14.0. The molecule has 0 bridgehead atoms. The number of alkyl halides is 1. The van der Waals surface area contributed by atoms with Gasteiger partial charge in [0.15, 0.2) is 0 Å². The number of fused-ring (bicyclic) bond motifs is 1.